The maximum Gasteiger partial charge on any atom is 0.278 e. The fraction of sp³-hybridized carbons (Fsp3) is 0.611. The average molecular weight is 360 g/mol. The monoisotopic (exact) mass is 360 g/mol. The molecule has 2 aliphatic rings. The molecule has 1 aliphatic carbocycles. The van der Waals surface area contributed by atoms with E-state index in [-0.39, 0.29) is 29.4 Å². The molecule has 3 heterocycles. The minimum absolute atomic E-state index is 0.167. The van der Waals surface area contributed by atoms with Crippen LogP contribution in [0.2, 0.25) is 0 Å². The highest BCUT2D eigenvalue weighted by molar-refractivity contribution is 5.69. The summed E-state index contributed by atoms with van der Waals surface area (Å²) in [6, 6.07) is -0.167. The topological polar surface area (TPSA) is 91.3 Å². The highest BCUT2D eigenvalue weighted by Gasteiger charge is 2.51. The smallest absolute Gasteiger partial charge is 0.278 e. The van der Waals surface area contributed by atoms with Gasteiger partial charge in [-0.1, -0.05) is 6.08 Å². The van der Waals surface area contributed by atoms with Gasteiger partial charge in [-0.05, 0) is 40.2 Å². The van der Waals surface area contributed by atoms with Gasteiger partial charge in [0.1, 0.15) is 12.2 Å². The zero-order valence-electron chi connectivity index (χ0n) is 15.6. The third kappa shape index (κ3) is 2.98. The van der Waals surface area contributed by atoms with Gasteiger partial charge >= 0.3 is 0 Å². The molecule has 0 spiro atoms. The molecule has 1 saturated heterocycles. The van der Waals surface area contributed by atoms with Crippen LogP contribution in [0.15, 0.2) is 29.1 Å². The minimum Gasteiger partial charge on any atom is -0.371 e. The predicted molar refractivity (Wildman–Crippen MR) is 94.8 cm³/mol. The molecule has 26 heavy (non-hydrogen) atoms. The number of aromatic nitrogens is 4. The SMILES string of the molecule is CC(C)(C)OCC1=C[C@H](n2cnc3c(=O)[nH]cnc32)[C@H]2OC(C)(C)O[C@@H]12. The molecule has 0 amide bonds. The lowest BCUT2D eigenvalue weighted by molar-refractivity contribution is -0.148. The molecule has 0 saturated carbocycles. The van der Waals surface area contributed by atoms with Gasteiger partial charge in [-0.25, -0.2) is 9.97 Å². The van der Waals surface area contributed by atoms with Gasteiger partial charge < -0.3 is 23.8 Å². The lowest BCUT2D eigenvalue weighted by Gasteiger charge is -2.23. The molecule has 8 heteroatoms. The number of aromatic amines is 1. The minimum atomic E-state index is -0.684. The van der Waals surface area contributed by atoms with Crippen LogP contribution in [-0.4, -0.2) is 49.7 Å². The summed E-state index contributed by atoms with van der Waals surface area (Å²) in [6.45, 7) is 10.3. The zero-order valence-corrected chi connectivity index (χ0v) is 15.6. The van der Waals surface area contributed by atoms with Gasteiger partial charge in [0, 0.05) is 0 Å². The Morgan fingerprint density at radius 2 is 2.08 bits per heavy atom. The summed E-state index contributed by atoms with van der Waals surface area (Å²) in [7, 11) is 0. The number of fused-ring (bicyclic) bond motifs is 2. The van der Waals surface area contributed by atoms with Crippen molar-refractivity contribution in [2.75, 3.05) is 6.61 Å². The Kier molecular flexibility index (Phi) is 3.83. The molecule has 8 nitrogen and oxygen atoms in total. The van der Waals surface area contributed by atoms with Crippen molar-refractivity contribution in [3.63, 3.8) is 0 Å². The molecule has 0 radical (unpaired) electrons. The first-order valence-electron chi connectivity index (χ1n) is 8.75. The predicted octanol–water partition coefficient (Wildman–Crippen LogP) is 1.94. The summed E-state index contributed by atoms with van der Waals surface area (Å²) >= 11 is 0. The second-order valence-electron chi connectivity index (χ2n) is 8.21. The van der Waals surface area contributed by atoms with E-state index in [2.05, 4.69) is 21.0 Å². The van der Waals surface area contributed by atoms with Gasteiger partial charge in [-0.15, -0.1) is 0 Å². The van der Waals surface area contributed by atoms with E-state index >= 15 is 0 Å². The quantitative estimate of drug-likeness (QED) is 0.841. The summed E-state index contributed by atoms with van der Waals surface area (Å²) < 4.78 is 20.1. The van der Waals surface area contributed by atoms with Gasteiger partial charge in [0.05, 0.1) is 30.9 Å². The maximum absolute atomic E-state index is 12.0. The van der Waals surface area contributed by atoms with Crippen molar-refractivity contribution in [3.8, 4) is 0 Å². The van der Waals surface area contributed by atoms with Gasteiger partial charge in [-0.2, -0.15) is 0 Å². The molecular weight excluding hydrogens is 336 g/mol. The van der Waals surface area contributed by atoms with Crippen molar-refractivity contribution in [2.24, 2.45) is 0 Å². The van der Waals surface area contributed by atoms with E-state index in [9.17, 15) is 4.79 Å². The second-order valence-corrected chi connectivity index (χ2v) is 8.21. The molecule has 4 rings (SSSR count). The summed E-state index contributed by atoms with van der Waals surface area (Å²) in [6.07, 6.45) is 4.69. The molecule has 0 unspecified atom stereocenters. The van der Waals surface area contributed by atoms with Crippen molar-refractivity contribution in [2.45, 2.75) is 64.3 Å². The number of hydrogen-bond donors (Lipinski definition) is 1. The molecular formula is C18H24N4O4. The van der Waals surface area contributed by atoms with Crippen LogP contribution in [0.3, 0.4) is 0 Å². The Morgan fingerprint density at radius 1 is 1.31 bits per heavy atom. The number of nitrogens with zero attached hydrogens (tertiary/aromatic N) is 3. The Hall–Kier alpha value is -2.03. The molecule has 1 N–H and O–H groups in total. The number of nitrogens with one attached hydrogen (secondary N) is 1. The van der Waals surface area contributed by atoms with Crippen molar-refractivity contribution in [1.82, 2.24) is 19.5 Å². The molecule has 1 fully saturated rings. The van der Waals surface area contributed by atoms with Crippen LogP contribution in [0.25, 0.3) is 11.2 Å². The third-order valence-electron chi connectivity index (χ3n) is 4.57. The summed E-state index contributed by atoms with van der Waals surface area (Å²) in [5.41, 5.74) is 1.37. The Labute approximate surface area is 151 Å². The van der Waals surface area contributed by atoms with Gasteiger partial charge in [0.25, 0.3) is 5.56 Å². The zero-order chi connectivity index (χ0) is 18.7. The normalized spacial score (nSPS) is 27.7. The second kappa shape index (κ2) is 5.73. The summed E-state index contributed by atoms with van der Waals surface area (Å²) in [5.74, 6) is -0.684. The Balaban J connectivity index is 1.73. The number of hydrogen-bond acceptors (Lipinski definition) is 6. The molecule has 2 aromatic heterocycles. The fourth-order valence-electron chi connectivity index (χ4n) is 3.48. The van der Waals surface area contributed by atoms with E-state index in [1.54, 1.807) is 6.33 Å². The average Bonchev–Trinajstić information content (AvgIpc) is 3.16. The van der Waals surface area contributed by atoms with Crippen molar-refractivity contribution < 1.29 is 14.2 Å². The lowest BCUT2D eigenvalue weighted by atomic mass is 10.1. The third-order valence-corrected chi connectivity index (χ3v) is 4.57. The Morgan fingerprint density at radius 3 is 2.81 bits per heavy atom. The molecule has 0 bridgehead atoms. The lowest BCUT2D eigenvalue weighted by Crippen LogP contribution is -2.29. The van der Waals surface area contributed by atoms with Gasteiger partial charge in [0.2, 0.25) is 0 Å². The van der Waals surface area contributed by atoms with Gasteiger partial charge in [0.15, 0.2) is 17.0 Å². The first-order chi connectivity index (χ1) is 12.1. The Bertz CT molecular complexity index is 921. The first-order valence-corrected chi connectivity index (χ1v) is 8.75. The van der Waals surface area contributed by atoms with E-state index in [0.717, 1.165) is 5.57 Å². The number of ether oxygens (including phenoxy) is 3. The van der Waals surface area contributed by atoms with Gasteiger partial charge in [-0.3, -0.25) is 4.79 Å². The summed E-state index contributed by atoms with van der Waals surface area (Å²) in [4.78, 5) is 23.0. The standard InChI is InChI=1S/C18H24N4O4/c1-17(2,3)24-7-10-6-11(14-13(10)25-18(4,5)26-14)22-9-21-12-15(22)19-8-20-16(12)23/h6,8-9,11,13-14H,7H2,1-5H3,(H,19,20,23)/t11-,13-,14+/m0/s1. The van der Waals surface area contributed by atoms with Crippen LogP contribution >= 0.6 is 0 Å². The van der Waals surface area contributed by atoms with Crippen molar-refractivity contribution in [1.29, 1.82) is 0 Å². The highest BCUT2D eigenvalue weighted by atomic mass is 16.8. The maximum atomic E-state index is 12.0. The van der Waals surface area contributed by atoms with Crippen LogP contribution < -0.4 is 5.56 Å². The van der Waals surface area contributed by atoms with Crippen LogP contribution in [0, 0.1) is 0 Å². The van der Waals surface area contributed by atoms with Crippen molar-refractivity contribution >= 4 is 11.2 Å². The van der Waals surface area contributed by atoms with Crippen LogP contribution in [0.5, 0.6) is 0 Å². The number of H-pyrrole nitrogens is 1. The van der Waals surface area contributed by atoms with E-state index in [0.29, 0.717) is 17.8 Å². The van der Waals surface area contributed by atoms with E-state index in [1.807, 2.05) is 39.2 Å². The first kappa shape index (κ1) is 17.4. The molecule has 2 aromatic rings. The number of rotatable bonds is 3. The molecule has 1 aliphatic heterocycles. The van der Waals surface area contributed by atoms with Crippen molar-refractivity contribution in [3.05, 3.63) is 34.7 Å². The van der Waals surface area contributed by atoms with Crippen LogP contribution in [0.1, 0.15) is 40.7 Å². The summed E-state index contributed by atoms with van der Waals surface area (Å²) in [5, 5.41) is 0. The van der Waals surface area contributed by atoms with E-state index < -0.39 is 5.79 Å². The molecule has 140 valence electrons. The largest absolute Gasteiger partial charge is 0.371 e. The molecule has 0 aromatic carbocycles. The van der Waals surface area contributed by atoms with E-state index in [4.69, 9.17) is 14.2 Å². The van der Waals surface area contributed by atoms with Crippen LogP contribution in [0.4, 0.5) is 0 Å². The fourth-order valence-corrected chi connectivity index (χ4v) is 3.48. The van der Waals surface area contributed by atoms with E-state index in [1.165, 1.54) is 6.33 Å². The van der Waals surface area contributed by atoms with Crippen LogP contribution in [-0.2, 0) is 14.2 Å². The molecule has 3 atom stereocenters. The number of imidazole rings is 1. The highest BCUT2D eigenvalue weighted by Crippen LogP contribution is 2.44.